The lowest BCUT2D eigenvalue weighted by Gasteiger charge is -2.17. The standard InChI is InChI=1S/C8H14N3O7PS/c9-5(12)1-4(8(16)10-2-7(14)15)11-6(13)3-19(17,18)20/h4H,1-3H2,(H2,9,12)(H,10,16)(H,11,13)(H,14,15)(H2,17,18,20)/t4-/m1/s1. The Labute approximate surface area is 118 Å². The highest BCUT2D eigenvalue weighted by Gasteiger charge is 2.25. The number of amides is 3. The van der Waals surface area contributed by atoms with Gasteiger partial charge in [0.05, 0.1) is 6.42 Å². The van der Waals surface area contributed by atoms with E-state index in [1.165, 1.54) is 0 Å². The Morgan fingerprint density at radius 1 is 1.25 bits per heavy atom. The van der Waals surface area contributed by atoms with Crippen LogP contribution in [0.5, 0.6) is 0 Å². The number of carboxylic acid groups (broad SMARTS) is 1. The van der Waals surface area contributed by atoms with Gasteiger partial charge in [0.15, 0.2) is 6.49 Å². The Morgan fingerprint density at radius 3 is 2.20 bits per heavy atom. The average Bonchev–Trinajstić information content (AvgIpc) is 2.21. The fourth-order valence-electron chi connectivity index (χ4n) is 1.12. The first-order chi connectivity index (χ1) is 9.01. The summed E-state index contributed by atoms with van der Waals surface area (Å²) in [4.78, 5) is 61.9. The Morgan fingerprint density at radius 2 is 1.80 bits per heavy atom. The third-order valence-corrected chi connectivity index (χ3v) is 2.91. The molecule has 0 aliphatic rings. The summed E-state index contributed by atoms with van der Waals surface area (Å²) in [6.07, 6.45) is -1.37. The number of hydrogen-bond acceptors (Lipinski definition) is 5. The summed E-state index contributed by atoms with van der Waals surface area (Å²) in [5, 5.41) is 12.4. The molecule has 0 unspecified atom stereocenters. The van der Waals surface area contributed by atoms with E-state index in [0.717, 1.165) is 0 Å². The molecule has 0 fully saturated rings. The Balaban J connectivity index is 4.67. The van der Waals surface area contributed by atoms with Crippen molar-refractivity contribution in [2.45, 2.75) is 12.5 Å². The van der Waals surface area contributed by atoms with Gasteiger partial charge in [0, 0.05) is 0 Å². The number of primary amides is 1. The monoisotopic (exact) mass is 327 g/mol. The van der Waals surface area contributed by atoms with E-state index in [1.807, 2.05) is 10.6 Å². The van der Waals surface area contributed by atoms with Gasteiger partial charge < -0.3 is 31.3 Å². The highest BCUT2D eigenvalue weighted by molar-refractivity contribution is 8.09. The zero-order chi connectivity index (χ0) is 15.9. The van der Waals surface area contributed by atoms with Crippen molar-refractivity contribution < 1.29 is 34.1 Å². The summed E-state index contributed by atoms with van der Waals surface area (Å²) in [6, 6.07) is -1.42. The lowest BCUT2D eigenvalue weighted by molar-refractivity contribution is -0.138. The lowest BCUT2D eigenvalue weighted by atomic mass is 10.2. The van der Waals surface area contributed by atoms with Crippen molar-refractivity contribution in [3.05, 3.63) is 0 Å². The number of carbonyl (C=O) groups excluding carboxylic acids is 3. The van der Waals surface area contributed by atoms with Crippen molar-refractivity contribution in [2.75, 3.05) is 12.7 Å². The number of rotatable bonds is 8. The van der Waals surface area contributed by atoms with Gasteiger partial charge in [0.1, 0.15) is 18.7 Å². The molecule has 0 aromatic rings. The predicted molar refractivity (Wildman–Crippen MR) is 70.0 cm³/mol. The van der Waals surface area contributed by atoms with Crippen LogP contribution in [0, 0.1) is 0 Å². The first-order valence-corrected chi connectivity index (χ1v) is 8.02. The molecule has 0 heterocycles. The number of hydrogen-bond donors (Lipinski definition) is 6. The van der Waals surface area contributed by atoms with E-state index in [-0.39, 0.29) is 0 Å². The van der Waals surface area contributed by atoms with Crippen LogP contribution in [0.3, 0.4) is 0 Å². The molecule has 0 aromatic carbocycles. The van der Waals surface area contributed by atoms with Crippen LogP contribution < -0.4 is 16.4 Å². The minimum absolute atomic E-state index is 0.572. The molecule has 0 bridgehead atoms. The van der Waals surface area contributed by atoms with Gasteiger partial charge in [0.25, 0.3) is 0 Å². The van der Waals surface area contributed by atoms with Gasteiger partial charge in [-0.25, -0.2) is 0 Å². The van der Waals surface area contributed by atoms with Crippen LogP contribution in [0.1, 0.15) is 6.42 Å². The molecule has 0 saturated carbocycles. The minimum Gasteiger partial charge on any atom is -0.480 e. The molecule has 0 saturated heterocycles. The zero-order valence-electron chi connectivity index (χ0n) is 10.1. The quantitative estimate of drug-likeness (QED) is 0.253. The molecule has 0 aliphatic carbocycles. The highest BCUT2D eigenvalue weighted by atomic mass is 32.5. The molecule has 7 N–H and O–H groups in total. The summed E-state index contributed by atoms with van der Waals surface area (Å²) in [7, 11) is 0. The predicted octanol–water partition coefficient (Wildman–Crippen LogP) is -3.16. The molecule has 3 amide bonds. The Hall–Kier alpha value is -1.55. The van der Waals surface area contributed by atoms with Gasteiger partial charge in [-0.1, -0.05) is 0 Å². The van der Waals surface area contributed by atoms with Crippen LogP contribution in [-0.4, -0.2) is 57.3 Å². The molecule has 0 aromatic heterocycles. The van der Waals surface area contributed by atoms with Crippen molar-refractivity contribution in [1.29, 1.82) is 0 Å². The Bertz CT molecular complexity index is 463. The van der Waals surface area contributed by atoms with E-state index in [4.69, 9.17) is 20.6 Å². The second kappa shape index (κ2) is 7.90. The minimum atomic E-state index is -3.79. The molecular formula is C8H14N3O7PS. The normalized spacial score (nSPS) is 12.3. The number of carbonyl (C=O) groups is 4. The van der Waals surface area contributed by atoms with Gasteiger partial charge in [-0.3, -0.25) is 19.2 Å². The topological polar surface area (TPSA) is 179 Å². The Kier molecular flexibility index (Phi) is 7.29. The van der Waals surface area contributed by atoms with Gasteiger partial charge >= 0.3 is 5.97 Å². The number of nitrogens with two attached hydrogens (primary N) is 1. The molecule has 0 spiro atoms. The fourth-order valence-corrected chi connectivity index (χ4v) is 1.94. The second-order valence-electron chi connectivity index (χ2n) is 3.72. The maximum absolute atomic E-state index is 11.5. The first kappa shape index (κ1) is 18.4. The molecule has 20 heavy (non-hydrogen) atoms. The third-order valence-electron chi connectivity index (χ3n) is 1.82. The average molecular weight is 327 g/mol. The lowest BCUT2D eigenvalue weighted by Crippen LogP contribution is -2.50. The van der Waals surface area contributed by atoms with E-state index >= 15 is 0 Å². The summed E-state index contributed by atoms with van der Waals surface area (Å²) in [5.41, 5.74) is 4.89. The third kappa shape index (κ3) is 9.39. The molecule has 0 aliphatic heterocycles. The van der Waals surface area contributed by atoms with Gasteiger partial charge in [-0.15, -0.1) is 0 Å². The van der Waals surface area contributed by atoms with Crippen molar-refractivity contribution >= 4 is 42.0 Å². The summed E-state index contributed by atoms with van der Waals surface area (Å²) in [6.45, 7) is -4.50. The van der Waals surface area contributed by atoms with Crippen molar-refractivity contribution in [3.8, 4) is 0 Å². The van der Waals surface area contributed by atoms with E-state index in [9.17, 15) is 19.2 Å². The van der Waals surface area contributed by atoms with Gasteiger partial charge in [0.2, 0.25) is 17.7 Å². The van der Waals surface area contributed by atoms with E-state index in [0.29, 0.717) is 0 Å². The molecule has 12 heteroatoms. The van der Waals surface area contributed by atoms with Crippen LogP contribution in [-0.2, 0) is 31.0 Å². The molecular weight excluding hydrogens is 313 g/mol. The van der Waals surface area contributed by atoms with Crippen molar-refractivity contribution in [2.24, 2.45) is 5.73 Å². The molecule has 114 valence electrons. The highest BCUT2D eigenvalue weighted by Crippen LogP contribution is 2.33. The summed E-state index contributed by atoms with van der Waals surface area (Å²) < 4.78 is 0. The molecule has 0 radical (unpaired) electrons. The maximum atomic E-state index is 11.5. The second-order valence-corrected chi connectivity index (χ2v) is 7.12. The summed E-state index contributed by atoms with van der Waals surface area (Å²) >= 11 is 4.24. The SMILES string of the molecule is NC(=O)C[C@@H](NC(=O)CP(O)(O)=S)C(=O)NCC(=O)O. The van der Waals surface area contributed by atoms with E-state index in [2.05, 4.69) is 11.8 Å². The number of nitrogens with one attached hydrogen (secondary N) is 2. The zero-order valence-corrected chi connectivity index (χ0v) is 11.8. The fraction of sp³-hybridized carbons (Fsp3) is 0.500. The number of aliphatic carboxylic acids is 1. The summed E-state index contributed by atoms with van der Waals surface area (Å²) in [5.74, 6) is -4.13. The van der Waals surface area contributed by atoms with Crippen molar-refractivity contribution in [3.63, 3.8) is 0 Å². The van der Waals surface area contributed by atoms with Crippen LogP contribution >= 0.6 is 6.49 Å². The van der Waals surface area contributed by atoms with Crippen LogP contribution in [0.4, 0.5) is 0 Å². The van der Waals surface area contributed by atoms with Crippen molar-refractivity contribution in [1.82, 2.24) is 10.6 Å². The smallest absolute Gasteiger partial charge is 0.322 e. The largest absolute Gasteiger partial charge is 0.480 e. The maximum Gasteiger partial charge on any atom is 0.322 e. The van der Waals surface area contributed by atoms with E-state index in [1.54, 1.807) is 0 Å². The molecule has 1 atom stereocenters. The molecule has 0 rings (SSSR count). The van der Waals surface area contributed by atoms with Crippen LogP contribution in [0.15, 0.2) is 0 Å². The van der Waals surface area contributed by atoms with Gasteiger partial charge in [-0.2, -0.15) is 0 Å². The molecule has 10 nitrogen and oxygen atoms in total. The van der Waals surface area contributed by atoms with E-state index < -0.39 is 55.4 Å². The van der Waals surface area contributed by atoms with Gasteiger partial charge in [-0.05, 0) is 11.8 Å². The van der Waals surface area contributed by atoms with Crippen LogP contribution in [0.25, 0.3) is 0 Å². The van der Waals surface area contributed by atoms with Crippen LogP contribution in [0.2, 0.25) is 0 Å². The number of carboxylic acids is 1. The first-order valence-electron chi connectivity index (χ1n) is 5.13.